The lowest BCUT2D eigenvalue weighted by Crippen LogP contribution is -2.28. The molecule has 28 heavy (non-hydrogen) atoms. The highest BCUT2D eigenvalue weighted by atomic mass is 19.1. The van der Waals surface area contributed by atoms with E-state index in [-0.39, 0.29) is 11.8 Å². The normalized spacial score (nSPS) is 10.2. The number of amides is 2. The Labute approximate surface area is 163 Å². The minimum atomic E-state index is -0.301. The van der Waals surface area contributed by atoms with Crippen LogP contribution in [0.3, 0.4) is 0 Å². The van der Waals surface area contributed by atoms with Crippen LogP contribution >= 0.6 is 0 Å². The minimum absolute atomic E-state index is 0.268. The van der Waals surface area contributed by atoms with Crippen molar-refractivity contribution >= 4 is 11.7 Å². The first-order valence-electron chi connectivity index (χ1n) is 8.77. The first-order valence-corrected chi connectivity index (χ1v) is 8.77. The van der Waals surface area contributed by atoms with Crippen molar-refractivity contribution < 1.29 is 18.7 Å². The van der Waals surface area contributed by atoms with Gasteiger partial charge in [0.2, 0.25) is 0 Å². The fourth-order valence-electron chi connectivity index (χ4n) is 2.51. The standard InChI is InChI=1S/C22H21FN2O3/c1-27-21-4-2-3-19(13-21)25-22(26)24-14-16-7-11-20(12-8-16)28-15-17-5-9-18(23)10-6-17/h2-13H,14-15H2,1H3,(H2,24,25,26). The van der Waals surface area contributed by atoms with Crippen molar-refractivity contribution in [2.24, 2.45) is 0 Å². The molecule has 0 radical (unpaired) electrons. The molecule has 2 N–H and O–H groups in total. The molecule has 6 heteroatoms. The smallest absolute Gasteiger partial charge is 0.319 e. The van der Waals surface area contributed by atoms with Crippen LogP contribution in [0.4, 0.5) is 14.9 Å². The van der Waals surface area contributed by atoms with E-state index in [2.05, 4.69) is 10.6 Å². The molecule has 3 rings (SSSR count). The molecular formula is C22H21FN2O3. The fourth-order valence-corrected chi connectivity index (χ4v) is 2.51. The van der Waals surface area contributed by atoms with Gasteiger partial charge in [-0.3, -0.25) is 0 Å². The van der Waals surface area contributed by atoms with E-state index in [0.717, 1.165) is 11.1 Å². The second-order valence-electron chi connectivity index (χ2n) is 6.10. The van der Waals surface area contributed by atoms with Crippen LogP contribution in [0, 0.1) is 5.82 Å². The molecule has 0 aliphatic heterocycles. The van der Waals surface area contributed by atoms with E-state index < -0.39 is 0 Å². The molecule has 0 atom stereocenters. The zero-order valence-electron chi connectivity index (χ0n) is 15.4. The van der Waals surface area contributed by atoms with Crippen molar-refractivity contribution in [3.05, 3.63) is 89.7 Å². The average molecular weight is 380 g/mol. The lowest BCUT2D eigenvalue weighted by Gasteiger charge is -2.10. The van der Waals surface area contributed by atoms with Crippen LogP contribution in [-0.2, 0) is 13.2 Å². The second kappa shape index (κ2) is 9.41. The summed E-state index contributed by atoms with van der Waals surface area (Å²) in [6.07, 6.45) is 0. The highest BCUT2D eigenvalue weighted by Gasteiger charge is 2.03. The first kappa shape index (κ1) is 19.2. The van der Waals surface area contributed by atoms with Crippen molar-refractivity contribution in [3.63, 3.8) is 0 Å². The maximum absolute atomic E-state index is 12.9. The van der Waals surface area contributed by atoms with Crippen molar-refractivity contribution in [1.29, 1.82) is 0 Å². The molecule has 144 valence electrons. The fraction of sp³-hybridized carbons (Fsp3) is 0.136. The number of ether oxygens (including phenoxy) is 2. The SMILES string of the molecule is COc1cccc(NC(=O)NCc2ccc(OCc3ccc(F)cc3)cc2)c1. The maximum atomic E-state index is 12.9. The van der Waals surface area contributed by atoms with Gasteiger partial charge in [-0.15, -0.1) is 0 Å². The minimum Gasteiger partial charge on any atom is -0.497 e. The third-order valence-electron chi connectivity index (χ3n) is 4.02. The summed E-state index contributed by atoms with van der Waals surface area (Å²) in [5, 5.41) is 5.56. The summed E-state index contributed by atoms with van der Waals surface area (Å²) in [5.41, 5.74) is 2.48. The molecule has 3 aromatic carbocycles. The largest absolute Gasteiger partial charge is 0.497 e. The van der Waals surface area contributed by atoms with Gasteiger partial charge in [-0.1, -0.05) is 30.3 Å². The number of nitrogens with one attached hydrogen (secondary N) is 2. The van der Waals surface area contributed by atoms with Gasteiger partial charge in [0.05, 0.1) is 7.11 Å². The number of benzene rings is 3. The van der Waals surface area contributed by atoms with Gasteiger partial charge >= 0.3 is 6.03 Å². The van der Waals surface area contributed by atoms with E-state index in [0.29, 0.717) is 30.3 Å². The van der Waals surface area contributed by atoms with Crippen LogP contribution in [0.2, 0.25) is 0 Å². The summed E-state index contributed by atoms with van der Waals surface area (Å²) in [5.74, 6) is 1.11. The Bertz CT molecular complexity index is 912. The highest BCUT2D eigenvalue weighted by Crippen LogP contribution is 2.17. The average Bonchev–Trinajstić information content (AvgIpc) is 2.73. The monoisotopic (exact) mass is 380 g/mol. The van der Waals surface area contributed by atoms with Crippen molar-refractivity contribution in [1.82, 2.24) is 5.32 Å². The third-order valence-corrected chi connectivity index (χ3v) is 4.02. The quantitative estimate of drug-likeness (QED) is 0.623. The Kier molecular flexibility index (Phi) is 6.46. The lowest BCUT2D eigenvalue weighted by molar-refractivity contribution is 0.251. The van der Waals surface area contributed by atoms with Crippen molar-refractivity contribution in [2.75, 3.05) is 12.4 Å². The van der Waals surface area contributed by atoms with Gasteiger partial charge in [-0.2, -0.15) is 0 Å². The van der Waals surface area contributed by atoms with E-state index in [1.165, 1.54) is 12.1 Å². The molecule has 0 aliphatic carbocycles. The van der Waals surface area contributed by atoms with Crippen LogP contribution in [0.1, 0.15) is 11.1 Å². The van der Waals surface area contributed by atoms with Crippen LogP contribution < -0.4 is 20.1 Å². The molecule has 3 aromatic rings. The molecular weight excluding hydrogens is 359 g/mol. The van der Waals surface area contributed by atoms with E-state index >= 15 is 0 Å². The number of anilines is 1. The second-order valence-corrected chi connectivity index (χ2v) is 6.10. The predicted molar refractivity (Wildman–Crippen MR) is 106 cm³/mol. The summed E-state index contributed by atoms with van der Waals surface area (Å²) in [6, 6.07) is 20.5. The maximum Gasteiger partial charge on any atom is 0.319 e. The van der Waals surface area contributed by atoms with Crippen LogP contribution in [0.15, 0.2) is 72.8 Å². The molecule has 0 saturated carbocycles. The van der Waals surface area contributed by atoms with Crippen LogP contribution in [0.5, 0.6) is 11.5 Å². The molecule has 0 unspecified atom stereocenters. The Morgan fingerprint density at radius 3 is 2.36 bits per heavy atom. The van der Waals surface area contributed by atoms with E-state index in [4.69, 9.17) is 9.47 Å². The lowest BCUT2D eigenvalue weighted by atomic mass is 10.2. The molecule has 5 nitrogen and oxygen atoms in total. The Morgan fingerprint density at radius 1 is 0.929 bits per heavy atom. The van der Waals surface area contributed by atoms with Gasteiger partial charge < -0.3 is 20.1 Å². The Hall–Kier alpha value is -3.54. The number of carbonyl (C=O) groups excluding carboxylic acids is 1. The van der Waals surface area contributed by atoms with Gasteiger partial charge in [0.1, 0.15) is 23.9 Å². The van der Waals surface area contributed by atoms with Gasteiger partial charge in [-0.05, 0) is 47.5 Å². The van der Waals surface area contributed by atoms with Gasteiger partial charge in [-0.25, -0.2) is 9.18 Å². The zero-order chi connectivity index (χ0) is 19.8. The molecule has 0 fully saturated rings. The number of rotatable bonds is 7. The van der Waals surface area contributed by atoms with E-state index in [9.17, 15) is 9.18 Å². The summed E-state index contributed by atoms with van der Waals surface area (Å²) in [6.45, 7) is 0.745. The first-order chi connectivity index (χ1) is 13.6. The molecule has 0 aliphatic rings. The summed E-state index contributed by atoms with van der Waals surface area (Å²) >= 11 is 0. The number of hydrogen-bond acceptors (Lipinski definition) is 3. The van der Waals surface area contributed by atoms with Crippen molar-refractivity contribution in [3.8, 4) is 11.5 Å². The number of urea groups is 1. The van der Waals surface area contributed by atoms with Crippen molar-refractivity contribution in [2.45, 2.75) is 13.2 Å². The number of halogens is 1. The molecule has 0 heterocycles. The molecule has 0 bridgehead atoms. The predicted octanol–water partition coefficient (Wildman–Crippen LogP) is 4.74. The molecule has 0 aromatic heterocycles. The zero-order valence-corrected chi connectivity index (χ0v) is 15.4. The number of carbonyl (C=O) groups is 1. The van der Waals surface area contributed by atoms with Gasteiger partial charge in [0.15, 0.2) is 0 Å². The summed E-state index contributed by atoms with van der Waals surface area (Å²) in [4.78, 5) is 12.0. The van der Waals surface area contributed by atoms with Gasteiger partial charge in [0, 0.05) is 18.3 Å². The Balaban J connectivity index is 1.45. The Morgan fingerprint density at radius 2 is 1.64 bits per heavy atom. The highest BCUT2D eigenvalue weighted by molar-refractivity contribution is 5.89. The number of methoxy groups -OCH3 is 1. The van der Waals surface area contributed by atoms with Gasteiger partial charge in [0.25, 0.3) is 0 Å². The van der Waals surface area contributed by atoms with Crippen LogP contribution in [0.25, 0.3) is 0 Å². The summed E-state index contributed by atoms with van der Waals surface area (Å²) < 4.78 is 23.7. The van der Waals surface area contributed by atoms with E-state index in [1.807, 2.05) is 30.3 Å². The number of hydrogen-bond donors (Lipinski definition) is 2. The summed E-state index contributed by atoms with van der Waals surface area (Å²) in [7, 11) is 1.58. The topological polar surface area (TPSA) is 59.6 Å². The van der Waals surface area contributed by atoms with E-state index in [1.54, 1.807) is 37.4 Å². The third kappa shape index (κ3) is 5.74. The molecule has 0 spiro atoms. The van der Waals surface area contributed by atoms with Crippen LogP contribution in [-0.4, -0.2) is 13.1 Å². The molecule has 0 saturated heterocycles. The molecule has 2 amide bonds.